The monoisotopic (exact) mass is 281 g/mol. The lowest BCUT2D eigenvalue weighted by molar-refractivity contribution is -0.384. The molecule has 1 saturated carbocycles. The van der Waals surface area contributed by atoms with Crippen molar-refractivity contribution < 1.29 is 9.72 Å². The van der Waals surface area contributed by atoms with Crippen LogP contribution in [0.15, 0.2) is 30.5 Å². The number of rotatable bonds is 4. The number of carbonyl (C=O) groups is 1. The first-order valence-electron chi connectivity index (χ1n) is 5.74. The van der Waals surface area contributed by atoms with E-state index < -0.39 is 11.0 Å². The van der Waals surface area contributed by atoms with Crippen LogP contribution in [-0.4, -0.2) is 11.0 Å². The zero-order chi connectivity index (χ0) is 13.8. The van der Waals surface area contributed by atoms with Crippen molar-refractivity contribution in [3.8, 4) is 0 Å². The number of hydrogen-bond acceptors (Lipinski definition) is 3. The van der Waals surface area contributed by atoms with E-state index in [0.717, 1.165) is 12.8 Å². The lowest BCUT2D eigenvalue weighted by atomic mass is 10.3. The maximum atomic E-state index is 11.5. The summed E-state index contributed by atoms with van der Waals surface area (Å²) < 4.78 is 0. The summed E-state index contributed by atoms with van der Waals surface area (Å²) in [5.74, 6) is 0.567. The van der Waals surface area contributed by atoms with Gasteiger partial charge in [-0.05, 0) is 30.9 Å². The van der Waals surface area contributed by atoms with E-state index in [0.29, 0.717) is 11.6 Å². The molecule has 2 amide bonds. The summed E-state index contributed by atoms with van der Waals surface area (Å²) in [6.07, 6.45) is 5.81. The van der Waals surface area contributed by atoms with Gasteiger partial charge in [0.25, 0.3) is 5.69 Å². The van der Waals surface area contributed by atoms with Crippen molar-refractivity contribution in [3.05, 3.63) is 45.6 Å². The Hall–Kier alpha value is -2.08. The molecule has 1 aliphatic rings. The van der Waals surface area contributed by atoms with Gasteiger partial charge in [0.2, 0.25) is 0 Å². The second-order valence-corrected chi connectivity index (χ2v) is 4.63. The standard InChI is InChI=1S/C12H12ClN3O3/c13-10-4-3-9(7-11(10)16(18)19)15-12(17)14-6-5-8-1-2-8/h3-8H,1-2H2,(H2,14,15,17)/b6-5+. The Bertz CT molecular complexity index is 541. The average molecular weight is 282 g/mol. The average Bonchev–Trinajstić information content (AvgIpc) is 3.15. The molecule has 2 N–H and O–H groups in total. The van der Waals surface area contributed by atoms with E-state index >= 15 is 0 Å². The van der Waals surface area contributed by atoms with E-state index in [4.69, 9.17) is 11.6 Å². The van der Waals surface area contributed by atoms with Crippen molar-refractivity contribution in [2.75, 3.05) is 5.32 Å². The lowest BCUT2D eigenvalue weighted by Gasteiger charge is -2.05. The maximum Gasteiger partial charge on any atom is 0.323 e. The van der Waals surface area contributed by atoms with Gasteiger partial charge in [0.15, 0.2) is 0 Å². The van der Waals surface area contributed by atoms with E-state index in [2.05, 4.69) is 10.6 Å². The number of nitrogens with one attached hydrogen (secondary N) is 2. The minimum absolute atomic E-state index is 0.0320. The molecule has 0 unspecified atom stereocenters. The summed E-state index contributed by atoms with van der Waals surface area (Å²) in [4.78, 5) is 21.6. The molecule has 0 heterocycles. The molecule has 0 bridgehead atoms. The number of halogens is 1. The molecule has 0 atom stereocenters. The van der Waals surface area contributed by atoms with Crippen LogP contribution in [0.1, 0.15) is 12.8 Å². The van der Waals surface area contributed by atoms with Crippen LogP contribution in [0.4, 0.5) is 16.2 Å². The van der Waals surface area contributed by atoms with Gasteiger partial charge in [-0.1, -0.05) is 17.7 Å². The molecular weight excluding hydrogens is 270 g/mol. The van der Waals surface area contributed by atoms with Gasteiger partial charge in [-0.3, -0.25) is 10.1 Å². The third-order valence-electron chi connectivity index (χ3n) is 2.61. The van der Waals surface area contributed by atoms with Crippen LogP contribution in [0.5, 0.6) is 0 Å². The molecule has 1 aliphatic carbocycles. The zero-order valence-corrected chi connectivity index (χ0v) is 10.7. The minimum atomic E-state index is -0.599. The van der Waals surface area contributed by atoms with Crippen molar-refractivity contribution >= 4 is 29.0 Å². The highest BCUT2D eigenvalue weighted by Crippen LogP contribution is 2.29. The van der Waals surface area contributed by atoms with Crippen LogP contribution in [0.25, 0.3) is 0 Å². The third kappa shape index (κ3) is 3.96. The smallest absolute Gasteiger partial charge is 0.315 e. The Morgan fingerprint density at radius 2 is 2.21 bits per heavy atom. The largest absolute Gasteiger partial charge is 0.323 e. The summed E-state index contributed by atoms with van der Waals surface area (Å²) in [6.45, 7) is 0. The van der Waals surface area contributed by atoms with Gasteiger partial charge in [0.05, 0.1) is 4.92 Å². The molecule has 0 spiro atoms. The minimum Gasteiger partial charge on any atom is -0.315 e. The van der Waals surface area contributed by atoms with E-state index in [1.54, 1.807) is 6.20 Å². The van der Waals surface area contributed by atoms with Crippen LogP contribution in [0, 0.1) is 16.0 Å². The summed E-state index contributed by atoms with van der Waals surface area (Å²) in [5.41, 5.74) is 0.0708. The van der Waals surface area contributed by atoms with Gasteiger partial charge >= 0.3 is 6.03 Å². The number of carbonyl (C=O) groups excluding carboxylic acids is 1. The normalized spacial score (nSPS) is 14.4. The summed E-state index contributed by atoms with van der Waals surface area (Å²) >= 11 is 5.67. The molecule has 2 rings (SSSR count). The first kappa shape index (κ1) is 13.4. The van der Waals surface area contributed by atoms with Crippen LogP contribution in [-0.2, 0) is 0 Å². The molecule has 19 heavy (non-hydrogen) atoms. The fourth-order valence-electron chi connectivity index (χ4n) is 1.45. The molecule has 0 aliphatic heterocycles. The molecule has 6 nitrogen and oxygen atoms in total. The summed E-state index contributed by atoms with van der Waals surface area (Å²) in [7, 11) is 0. The molecule has 100 valence electrons. The van der Waals surface area contributed by atoms with Gasteiger partial charge in [-0.15, -0.1) is 0 Å². The molecule has 1 fully saturated rings. The van der Waals surface area contributed by atoms with Crippen LogP contribution < -0.4 is 10.6 Å². The van der Waals surface area contributed by atoms with Gasteiger partial charge in [0, 0.05) is 18.0 Å². The quantitative estimate of drug-likeness (QED) is 0.656. The Morgan fingerprint density at radius 3 is 2.84 bits per heavy atom. The summed E-state index contributed by atoms with van der Waals surface area (Å²) in [5, 5.41) is 15.8. The van der Waals surface area contributed by atoms with Gasteiger partial charge in [0.1, 0.15) is 5.02 Å². The van der Waals surface area contributed by atoms with Crippen molar-refractivity contribution in [3.63, 3.8) is 0 Å². The number of nitrogens with zero attached hydrogens (tertiary/aromatic N) is 1. The SMILES string of the molecule is O=C(N/C=C/C1CC1)Nc1ccc(Cl)c([N+](=O)[O-])c1. The Morgan fingerprint density at radius 1 is 1.47 bits per heavy atom. The number of benzene rings is 1. The van der Waals surface area contributed by atoms with Crippen LogP contribution in [0.3, 0.4) is 0 Å². The van der Waals surface area contributed by atoms with Gasteiger partial charge in [-0.2, -0.15) is 0 Å². The number of nitro groups is 1. The lowest BCUT2D eigenvalue weighted by Crippen LogP contribution is -2.23. The number of hydrogen-bond donors (Lipinski definition) is 2. The van der Waals surface area contributed by atoms with E-state index in [1.807, 2.05) is 6.08 Å². The second-order valence-electron chi connectivity index (χ2n) is 4.22. The number of amides is 2. The van der Waals surface area contributed by atoms with Crippen LogP contribution >= 0.6 is 11.6 Å². The fourth-order valence-corrected chi connectivity index (χ4v) is 1.63. The highest BCUT2D eigenvalue weighted by Gasteiger charge is 2.17. The van der Waals surface area contributed by atoms with Gasteiger partial charge in [-0.25, -0.2) is 4.79 Å². The Kier molecular flexibility index (Phi) is 4.01. The molecule has 1 aromatic rings. The molecule has 1 aromatic carbocycles. The molecular formula is C12H12ClN3O3. The van der Waals surface area contributed by atoms with E-state index in [9.17, 15) is 14.9 Å². The number of nitro benzene ring substituents is 1. The fraction of sp³-hybridized carbons (Fsp3) is 0.250. The maximum absolute atomic E-state index is 11.5. The van der Waals surface area contributed by atoms with Crippen molar-refractivity contribution in [1.82, 2.24) is 5.32 Å². The molecule has 0 aromatic heterocycles. The second kappa shape index (κ2) is 5.71. The highest BCUT2D eigenvalue weighted by molar-refractivity contribution is 6.32. The van der Waals surface area contributed by atoms with E-state index in [1.165, 1.54) is 18.2 Å². The predicted octanol–water partition coefficient (Wildman–Crippen LogP) is 3.29. The molecule has 0 radical (unpaired) electrons. The number of anilines is 1. The number of allylic oxidation sites excluding steroid dienone is 1. The first-order valence-corrected chi connectivity index (χ1v) is 6.12. The Labute approximate surface area is 114 Å². The number of urea groups is 1. The summed E-state index contributed by atoms with van der Waals surface area (Å²) in [6, 6.07) is 3.63. The first-order chi connectivity index (χ1) is 9.06. The van der Waals surface area contributed by atoms with E-state index in [-0.39, 0.29) is 10.7 Å². The van der Waals surface area contributed by atoms with Crippen molar-refractivity contribution in [1.29, 1.82) is 0 Å². The van der Waals surface area contributed by atoms with Crippen molar-refractivity contribution in [2.45, 2.75) is 12.8 Å². The zero-order valence-electron chi connectivity index (χ0n) is 9.93. The van der Waals surface area contributed by atoms with Crippen LogP contribution in [0.2, 0.25) is 5.02 Å². The molecule has 0 saturated heterocycles. The third-order valence-corrected chi connectivity index (χ3v) is 2.93. The van der Waals surface area contributed by atoms with Gasteiger partial charge < -0.3 is 10.6 Å². The molecule has 7 heteroatoms. The Balaban J connectivity index is 1.95. The highest BCUT2D eigenvalue weighted by atomic mass is 35.5. The van der Waals surface area contributed by atoms with Crippen molar-refractivity contribution in [2.24, 2.45) is 5.92 Å². The topological polar surface area (TPSA) is 84.3 Å². The predicted molar refractivity (Wildman–Crippen MR) is 72.1 cm³/mol.